The molecule has 0 saturated heterocycles. The molecule has 0 aliphatic rings. The van der Waals surface area contributed by atoms with Crippen LogP contribution in [-0.4, -0.2) is 27.0 Å². The first-order chi connectivity index (χ1) is 14.1. The number of rotatable bonds is 11. The molecule has 1 atom stereocenters. The molecule has 0 unspecified atom stereocenters. The van der Waals surface area contributed by atoms with Crippen LogP contribution in [0, 0.1) is 5.92 Å². The van der Waals surface area contributed by atoms with Crippen LogP contribution in [0.5, 0.6) is 0 Å². The molecule has 0 saturated carbocycles. The Morgan fingerprint density at radius 2 is 2.00 bits per heavy atom. The van der Waals surface area contributed by atoms with Crippen molar-refractivity contribution in [1.29, 1.82) is 0 Å². The number of Topliss-reactive ketones (excluding diaryl/α,β-unsaturated/α-hetero) is 1. The van der Waals surface area contributed by atoms with E-state index in [1.165, 1.54) is 4.88 Å². The highest BCUT2D eigenvalue weighted by Gasteiger charge is 2.20. The average Bonchev–Trinajstić information content (AvgIpc) is 3.36. The second-order valence-corrected chi connectivity index (χ2v) is 8.82. The highest BCUT2D eigenvalue weighted by Crippen LogP contribution is 2.29. The van der Waals surface area contributed by atoms with Crippen molar-refractivity contribution < 1.29 is 9.90 Å². The van der Waals surface area contributed by atoms with Crippen LogP contribution in [0.25, 0.3) is 11.0 Å². The number of aromatic nitrogens is 2. The highest BCUT2D eigenvalue weighted by atomic mass is 32.1. The summed E-state index contributed by atoms with van der Waals surface area (Å²) in [4.78, 5) is 19.0. The number of thiophene rings is 1. The van der Waals surface area contributed by atoms with Crippen LogP contribution < -0.4 is 0 Å². The van der Waals surface area contributed by atoms with Crippen LogP contribution >= 0.6 is 11.3 Å². The number of aliphatic hydroxyl groups is 1. The fourth-order valence-corrected chi connectivity index (χ4v) is 4.82. The number of benzene rings is 1. The molecule has 5 heteroatoms. The van der Waals surface area contributed by atoms with Crippen molar-refractivity contribution in [3.05, 3.63) is 52.0 Å². The van der Waals surface area contributed by atoms with Gasteiger partial charge in [0.2, 0.25) is 0 Å². The van der Waals surface area contributed by atoms with Crippen molar-refractivity contribution in [3.63, 3.8) is 0 Å². The second-order valence-electron chi connectivity index (χ2n) is 7.79. The van der Waals surface area contributed by atoms with Gasteiger partial charge in [-0.25, -0.2) is 4.98 Å². The summed E-state index contributed by atoms with van der Waals surface area (Å²) >= 11 is 1.75. The molecule has 3 aromatic rings. The quantitative estimate of drug-likeness (QED) is 0.391. The van der Waals surface area contributed by atoms with Crippen molar-refractivity contribution in [1.82, 2.24) is 9.55 Å². The third-order valence-electron chi connectivity index (χ3n) is 5.73. The van der Waals surface area contributed by atoms with Crippen molar-refractivity contribution in [2.75, 3.05) is 6.61 Å². The van der Waals surface area contributed by atoms with Gasteiger partial charge in [0.1, 0.15) is 5.82 Å². The Morgan fingerprint density at radius 1 is 1.21 bits per heavy atom. The first-order valence-corrected chi connectivity index (χ1v) is 11.7. The van der Waals surface area contributed by atoms with E-state index in [1.54, 1.807) is 11.3 Å². The van der Waals surface area contributed by atoms with Crippen LogP contribution in [0.4, 0.5) is 0 Å². The minimum Gasteiger partial charge on any atom is -0.396 e. The molecule has 0 fully saturated rings. The maximum Gasteiger partial charge on any atom is 0.163 e. The second kappa shape index (κ2) is 10.2. The smallest absolute Gasteiger partial charge is 0.163 e. The van der Waals surface area contributed by atoms with Gasteiger partial charge in [-0.2, -0.15) is 0 Å². The van der Waals surface area contributed by atoms with Crippen molar-refractivity contribution in [3.8, 4) is 0 Å². The van der Waals surface area contributed by atoms with E-state index in [2.05, 4.69) is 48.9 Å². The van der Waals surface area contributed by atoms with Crippen molar-refractivity contribution >= 4 is 28.2 Å². The van der Waals surface area contributed by atoms with Gasteiger partial charge in [0.05, 0.1) is 11.0 Å². The van der Waals surface area contributed by atoms with E-state index in [9.17, 15) is 9.90 Å². The molecule has 0 aliphatic heterocycles. The van der Waals surface area contributed by atoms with Crippen molar-refractivity contribution in [2.24, 2.45) is 5.92 Å². The van der Waals surface area contributed by atoms with E-state index >= 15 is 0 Å². The van der Waals surface area contributed by atoms with Gasteiger partial charge >= 0.3 is 0 Å². The number of nitrogens with zero attached hydrogens (tertiary/aromatic N) is 2. The topological polar surface area (TPSA) is 55.1 Å². The average molecular weight is 413 g/mol. The number of carbonyl (C=O) groups is 1. The van der Waals surface area contributed by atoms with E-state index in [0.29, 0.717) is 18.0 Å². The molecule has 3 rings (SSSR count). The zero-order chi connectivity index (χ0) is 20.8. The molecule has 0 spiro atoms. The van der Waals surface area contributed by atoms with Crippen LogP contribution in [0.2, 0.25) is 0 Å². The van der Waals surface area contributed by atoms with E-state index < -0.39 is 0 Å². The van der Waals surface area contributed by atoms with Crippen LogP contribution in [0.15, 0.2) is 35.7 Å². The van der Waals surface area contributed by atoms with Gasteiger partial charge in [-0.1, -0.05) is 33.3 Å². The highest BCUT2D eigenvalue weighted by molar-refractivity contribution is 7.09. The van der Waals surface area contributed by atoms with E-state index in [1.807, 2.05) is 12.1 Å². The summed E-state index contributed by atoms with van der Waals surface area (Å²) in [5.74, 6) is 1.20. The van der Waals surface area contributed by atoms with Gasteiger partial charge in [0, 0.05) is 35.9 Å². The zero-order valence-electron chi connectivity index (χ0n) is 17.7. The first kappa shape index (κ1) is 21.7. The fraction of sp³-hybridized carbons (Fsp3) is 0.500. The number of ketones is 1. The number of imidazole rings is 1. The van der Waals surface area contributed by atoms with Gasteiger partial charge in [-0.15, -0.1) is 11.3 Å². The molecule has 2 heterocycles. The molecule has 0 bridgehead atoms. The van der Waals surface area contributed by atoms with Crippen LogP contribution in [0.3, 0.4) is 0 Å². The Morgan fingerprint density at radius 3 is 2.62 bits per heavy atom. The van der Waals surface area contributed by atoms with Gasteiger partial charge in [0.25, 0.3) is 0 Å². The molecule has 4 nitrogen and oxygen atoms in total. The monoisotopic (exact) mass is 412 g/mol. The molecule has 0 amide bonds. The van der Waals surface area contributed by atoms with E-state index in [-0.39, 0.29) is 18.3 Å². The summed E-state index contributed by atoms with van der Waals surface area (Å²) < 4.78 is 2.37. The largest absolute Gasteiger partial charge is 0.396 e. The number of hydrogen-bond donors (Lipinski definition) is 1. The predicted molar refractivity (Wildman–Crippen MR) is 121 cm³/mol. The number of fused-ring (bicyclic) bond motifs is 1. The summed E-state index contributed by atoms with van der Waals surface area (Å²) in [6.07, 6.45) is 5.16. The fourth-order valence-electron chi connectivity index (χ4n) is 4.12. The standard InChI is InChI=1S/C24H32N2O2S/c1-4-8-17(16-27)13-23(28)18-10-11-22-21(14-18)25-24(15-20-9-7-12-29-20)26(22)19(5-2)6-3/h7,9-12,14,17,19,27H,4-6,8,13,15-16H2,1-3H3/t17-/m0/s1. The normalized spacial score (nSPS) is 12.7. The lowest BCUT2D eigenvalue weighted by Gasteiger charge is -2.19. The molecule has 29 heavy (non-hydrogen) atoms. The molecular formula is C24H32N2O2S. The predicted octanol–water partition coefficient (Wildman–Crippen LogP) is 6.03. The number of carbonyl (C=O) groups excluding carboxylic acids is 1. The first-order valence-electron chi connectivity index (χ1n) is 10.8. The lowest BCUT2D eigenvalue weighted by Crippen LogP contribution is -2.13. The summed E-state index contributed by atoms with van der Waals surface area (Å²) in [6, 6.07) is 10.6. The van der Waals surface area contributed by atoms with Crippen molar-refractivity contribution in [2.45, 2.75) is 65.3 Å². The lowest BCUT2D eigenvalue weighted by atomic mass is 9.95. The third-order valence-corrected chi connectivity index (χ3v) is 6.61. The zero-order valence-corrected chi connectivity index (χ0v) is 18.5. The van der Waals surface area contributed by atoms with Gasteiger partial charge < -0.3 is 9.67 Å². The summed E-state index contributed by atoms with van der Waals surface area (Å²) in [6.45, 7) is 6.58. The van der Waals surface area contributed by atoms with Crippen LogP contribution in [-0.2, 0) is 6.42 Å². The summed E-state index contributed by atoms with van der Waals surface area (Å²) in [7, 11) is 0. The molecular weight excluding hydrogens is 380 g/mol. The summed E-state index contributed by atoms with van der Waals surface area (Å²) in [5, 5.41) is 11.6. The third kappa shape index (κ3) is 4.96. The number of hydrogen-bond acceptors (Lipinski definition) is 4. The minimum absolute atomic E-state index is 0.0414. The Kier molecular flexibility index (Phi) is 7.62. The maximum absolute atomic E-state index is 12.8. The Balaban J connectivity index is 1.96. The molecule has 0 aliphatic carbocycles. The SMILES string of the molecule is CCC[C@H](CO)CC(=O)c1ccc2c(c1)nc(Cc1cccs1)n2C(CC)CC. The summed E-state index contributed by atoms with van der Waals surface area (Å²) in [5.41, 5.74) is 2.70. The minimum atomic E-state index is 0.0414. The molecule has 156 valence electrons. The van der Waals surface area contributed by atoms with Crippen LogP contribution in [0.1, 0.15) is 80.0 Å². The van der Waals surface area contributed by atoms with Gasteiger partial charge in [-0.3, -0.25) is 4.79 Å². The Bertz CT molecular complexity index is 926. The van der Waals surface area contributed by atoms with Gasteiger partial charge in [-0.05, 0) is 54.8 Å². The molecule has 1 N–H and O–H groups in total. The van der Waals surface area contributed by atoms with E-state index in [0.717, 1.165) is 49.0 Å². The van der Waals surface area contributed by atoms with Gasteiger partial charge in [0.15, 0.2) is 5.78 Å². The molecule has 1 aromatic carbocycles. The molecule has 0 radical (unpaired) electrons. The lowest BCUT2D eigenvalue weighted by molar-refractivity contribution is 0.0931. The molecule has 2 aromatic heterocycles. The number of aliphatic hydroxyl groups excluding tert-OH is 1. The Labute approximate surface area is 177 Å². The Hall–Kier alpha value is -1.98. The maximum atomic E-state index is 12.8. The van der Waals surface area contributed by atoms with E-state index in [4.69, 9.17) is 4.98 Å².